The van der Waals surface area contributed by atoms with Crippen LogP contribution in [0.15, 0.2) is 23.0 Å². The van der Waals surface area contributed by atoms with Gasteiger partial charge in [-0.3, -0.25) is 9.59 Å². The molecule has 1 heterocycles. The maximum absolute atomic E-state index is 12.8. The van der Waals surface area contributed by atoms with E-state index in [0.717, 1.165) is 19.1 Å². The first-order valence-corrected chi connectivity index (χ1v) is 9.43. The molecule has 1 aromatic rings. The van der Waals surface area contributed by atoms with Gasteiger partial charge < -0.3 is 19.1 Å². The number of hydrogen-bond acceptors (Lipinski definition) is 6. The Hall–Kier alpha value is -1.95. The first-order chi connectivity index (χ1) is 12.6. The molecule has 2 aliphatic rings. The molecule has 1 N–H and O–H groups in total. The molecule has 1 aromatic heterocycles. The highest BCUT2D eigenvalue weighted by atomic mass is 16.5. The molecule has 2 saturated carbocycles. The predicted molar refractivity (Wildman–Crippen MR) is 96.9 cm³/mol. The summed E-state index contributed by atoms with van der Waals surface area (Å²) in [4.78, 5) is 37.6. The molecule has 0 spiro atoms. The summed E-state index contributed by atoms with van der Waals surface area (Å²) in [5.74, 6) is -1.33. The van der Waals surface area contributed by atoms with Crippen LogP contribution in [0.3, 0.4) is 0 Å². The number of carbonyl (C=O) groups is 3. The average molecular weight is 376 g/mol. The number of furan rings is 1. The summed E-state index contributed by atoms with van der Waals surface area (Å²) >= 11 is 0. The van der Waals surface area contributed by atoms with Crippen LogP contribution in [-0.2, 0) is 14.3 Å². The molecule has 2 aliphatic carbocycles. The zero-order valence-electron chi connectivity index (χ0n) is 16.4. The summed E-state index contributed by atoms with van der Waals surface area (Å²) in [5, 5.41) is 11.2. The molecule has 2 fully saturated rings. The van der Waals surface area contributed by atoms with E-state index in [-0.39, 0.29) is 24.1 Å². The van der Waals surface area contributed by atoms with Crippen molar-refractivity contribution in [3.05, 3.63) is 24.2 Å². The summed E-state index contributed by atoms with van der Waals surface area (Å²) in [6.45, 7) is 5.53. The second-order valence-corrected chi connectivity index (χ2v) is 8.87. The molecule has 0 unspecified atom stereocenters. The Labute approximate surface area is 159 Å². The summed E-state index contributed by atoms with van der Waals surface area (Å²) in [6, 6.07) is 1.60. The number of aliphatic hydroxyl groups excluding tert-OH is 1. The van der Waals surface area contributed by atoms with E-state index >= 15 is 0 Å². The minimum Gasteiger partial charge on any atom is -0.472 e. The third kappa shape index (κ3) is 2.68. The van der Waals surface area contributed by atoms with Crippen molar-refractivity contribution in [2.24, 2.45) is 28.1 Å². The third-order valence-corrected chi connectivity index (χ3v) is 7.45. The number of hydrogen-bond donors (Lipinski definition) is 1. The van der Waals surface area contributed by atoms with Crippen LogP contribution >= 0.6 is 0 Å². The summed E-state index contributed by atoms with van der Waals surface area (Å²) in [5.41, 5.74) is -2.08. The third-order valence-electron chi connectivity index (χ3n) is 7.45. The quantitative estimate of drug-likeness (QED) is 0.482. The van der Waals surface area contributed by atoms with Crippen LogP contribution in [-0.4, -0.2) is 36.4 Å². The molecular formula is C21H28O6. The van der Waals surface area contributed by atoms with Gasteiger partial charge in [-0.05, 0) is 37.2 Å². The lowest BCUT2D eigenvalue weighted by atomic mass is 9.54. The van der Waals surface area contributed by atoms with E-state index in [1.165, 1.54) is 19.6 Å². The Morgan fingerprint density at radius 2 is 2.04 bits per heavy atom. The predicted octanol–water partition coefficient (Wildman–Crippen LogP) is 3.03. The second kappa shape index (κ2) is 6.59. The van der Waals surface area contributed by atoms with Crippen molar-refractivity contribution in [1.82, 2.24) is 0 Å². The van der Waals surface area contributed by atoms with Crippen LogP contribution in [0, 0.1) is 28.1 Å². The van der Waals surface area contributed by atoms with E-state index < -0.39 is 28.3 Å². The van der Waals surface area contributed by atoms with Gasteiger partial charge in [0, 0.05) is 12.3 Å². The highest BCUT2D eigenvalue weighted by Crippen LogP contribution is 2.68. The standard InChI is InChI=1S/C21H28O6/c1-19-7-5-8-20(2,18(25)26-4)16(19)17(24)21(3,12-22)15(19)10-14(23)13-6-9-27-11-13/h6,9,11-12,15-17,24H,5,7-8,10H2,1-4H3/t15-,16-,17-,19-,20+,21+/m1/s1. The molecule has 6 atom stereocenters. The fraction of sp³-hybridized carbons (Fsp3) is 0.667. The normalized spacial score (nSPS) is 41.0. The molecule has 148 valence electrons. The topological polar surface area (TPSA) is 93.8 Å². The van der Waals surface area contributed by atoms with Crippen LogP contribution in [0.5, 0.6) is 0 Å². The molecule has 0 aromatic carbocycles. The maximum Gasteiger partial charge on any atom is 0.311 e. The van der Waals surface area contributed by atoms with Crippen molar-refractivity contribution in [2.75, 3.05) is 7.11 Å². The summed E-state index contributed by atoms with van der Waals surface area (Å²) < 4.78 is 10.1. The Kier molecular flexibility index (Phi) is 4.83. The molecule has 6 heteroatoms. The number of fused-ring (bicyclic) bond motifs is 1. The monoisotopic (exact) mass is 376 g/mol. The van der Waals surface area contributed by atoms with Gasteiger partial charge in [0.15, 0.2) is 5.78 Å². The van der Waals surface area contributed by atoms with Crippen molar-refractivity contribution in [2.45, 2.75) is 52.6 Å². The SMILES string of the molecule is COC(=O)[C@@]1(C)CCC[C@@]2(C)[C@H]1[C@@H](O)[C@@](C)(C=O)[C@@H]2CC(=O)c1ccoc1. The van der Waals surface area contributed by atoms with E-state index in [1.54, 1.807) is 13.0 Å². The lowest BCUT2D eigenvalue weighted by Gasteiger charge is -2.49. The number of rotatable bonds is 5. The number of ether oxygens (including phenoxy) is 1. The Morgan fingerprint density at radius 3 is 2.59 bits per heavy atom. The molecule has 0 amide bonds. The van der Waals surface area contributed by atoms with Gasteiger partial charge in [0.25, 0.3) is 0 Å². The van der Waals surface area contributed by atoms with Crippen molar-refractivity contribution in [3.63, 3.8) is 0 Å². The first kappa shape index (κ1) is 19.8. The van der Waals surface area contributed by atoms with E-state index in [9.17, 15) is 19.5 Å². The van der Waals surface area contributed by atoms with Crippen LogP contribution in [0.2, 0.25) is 0 Å². The fourth-order valence-electron chi connectivity index (χ4n) is 6.04. The zero-order chi connectivity index (χ0) is 20.0. The van der Waals surface area contributed by atoms with Crippen LogP contribution in [0.4, 0.5) is 0 Å². The first-order valence-electron chi connectivity index (χ1n) is 9.43. The zero-order valence-corrected chi connectivity index (χ0v) is 16.4. The Bertz CT molecular complexity index is 740. The average Bonchev–Trinajstić information content (AvgIpc) is 3.23. The van der Waals surface area contributed by atoms with Gasteiger partial charge in [-0.25, -0.2) is 0 Å². The van der Waals surface area contributed by atoms with E-state index in [1.807, 2.05) is 13.8 Å². The number of carbonyl (C=O) groups excluding carboxylic acids is 3. The summed E-state index contributed by atoms with van der Waals surface area (Å²) in [7, 11) is 1.35. The van der Waals surface area contributed by atoms with Gasteiger partial charge in [-0.2, -0.15) is 0 Å². The lowest BCUT2D eigenvalue weighted by Crippen LogP contribution is -2.51. The van der Waals surface area contributed by atoms with E-state index in [2.05, 4.69) is 0 Å². The summed E-state index contributed by atoms with van der Waals surface area (Å²) in [6.07, 6.45) is 4.81. The number of aldehydes is 1. The highest BCUT2D eigenvalue weighted by molar-refractivity contribution is 5.96. The molecular weight excluding hydrogens is 348 g/mol. The van der Waals surface area contributed by atoms with Crippen LogP contribution in [0.1, 0.15) is 56.8 Å². The molecule has 6 nitrogen and oxygen atoms in total. The number of esters is 1. The lowest BCUT2D eigenvalue weighted by molar-refractivity contribution is -0.168. The largest absolute Gasteiger partial charge is 0.472 e. The molecule has 27 heavy (non-hydrogen) atoms. The number of Topliss-reactive ketones (excluding diaryl/α,β-unsaturated/α-hetero) is 1. The second-order valence-electron chi connectivity index (χ2n) is 8.87. The Balaban J connectivity index is 2.06. The maximum atomic E-state index is 12.8. The minimum absolute atomic E-state index is 0.121. The fourth-order valence-corrected chi connectivity index (χ4v) is 6.04. The van der Waals surface area contributed by atoms with Crippen molar-refractivity contribution >= 4 is 18.0 Å². The van der Waals surface area contributed by atoms with E-state index in [4.69, 9.17) is 9.15 Å². The smallest absolute Gasteiger partial charge is 0.311 e. The number of aliphatic hydroxyl groups is 1. The highest BCUT2D eigenvalue weighted by Gasteiger charge is 2.70. The number of ketones is 1. The number of methoxy groups -OCH3 is 1. The molecule has 0 radical (unpaired) electrons. The van der Waals surface area contributed by atoms with Gasteiger partial charge in [-0.1, -0.05) is 20.3 Å². The van der Waals surface area contributed by atoms with Gasteiger partial charge in [0.1, 0.15) is 12.5 Å². The van der Waals surface area contributed by atoms with Gasteiger partial charge >= 0.3 is 5.97 Å². The van der Waals surface area contributed by atoms with Gasteiger partial charge in [-0.15, -0.1) is 0 Å². The Morgan fingerprint density at radius 1 is 1.33 bits per heavy atom. The van der Waals surface area contributed by atoms with Crippen molar-refractivity contribution < 1.29 is 28.6 Å². The van der Waals surface area contributed by atoms with Gasteiger partial charge in [0.05, 0.1) is 35.9 Å². The molecule has 3 rings (SSSR count). The van der Waals surface area contributed by atoms with Crippen LogP contribution in [0.25, 0.3) is 0 Å². The molecule has 0 aliphatic heterocycles. The molecule has 0 saturated heterocycles. The minimum atomic E-state index is -1.11. The van der Waals surface area contributed by atoms with Crippen molar-refractivity contribution in [3.8, 4) is 0 Å². The van der Waals surface area contributed by atoms with Crippen molar-refractivity contribution in [1.29, 1.82) is 0 Å². The van der Waals surface area contributed by atoms with Gasteiger partial charge in [0.2, 0.25) is 0 Å². The van der Waals surface area contributed by atoms with Crippen LogP contribution < -0.4 is 0 Å². The molecule has 0 bridgehead atoms. The van der Waals surface area contributed by atoms with E-state index in [0.29, 0.717) is 12.0 Å².